The molecule has 0 aromatic carbocycles. The smallest absolute Gasteiger partial charge is 0.450 e. The monoisotopic (exact) mass is 336 g/mol. The normalized spacial score (nSPS) is 5.82. The average Bonchev–Trinajstić information content (AvgIpc) is 2.19. The van der Waals surface area contributed by atoms with Crippen LogP contribution in [0.1, 0.15) is 0 Å². The molecule has 0 aliphatic carbocycles. The van der Waals surface area contributed by atoms with Crippen LogP contribution in [0.3, 0.4) is 0 Å². The summed E-state index contributed by atoms with van der Waals surface area (Å²) >= 11 is 0. The van der Waals surface area contributed by atoms with Gasteiger partial charge in [-0.2, -0.15) is 0 Å². The third kappa shape index (κ3) is 108. The predicted octanol–water partition coefficient (Wildman–Crippen LogP) is 0.105. The van der Waals surface area contributed by atoms with Gasteiger partial charge in [0.05, 0.1) is 21.3 Å². The molecule has 11 heteroatoms. The fourth-order valence-electron chi connectivity index (χ4n) is 0. The number of methoxy groups -OCH3 is 3. The minimum atomic E-state index is -1.25. The van der Waals surface area contributed by atoms with Gasteiger partial charge in [-0.3, -0.25) is 0 Å². The van der Waals surface area contributed by atoms with Crippen LogP contribution in [0, 0.1) is 0 Å². The molecule has 0 fully saturated rings. The largest absolute Gasteiger partial charge is 0.505 e. The van der Waals surface area contributed by atoms with E-state index >= 15 is 0 Å². The molecule has 0 heterocycles. The third-order valence-electron chi connectivity index (χ3n) is 0.524. The molecule has 0 saturated carbocycles. The SMILES string of the molecule is COC(=O)O.COC(=O)O.COC(=O)O.O.[Zr]. The first kappa shape index (κ1) is 29.6. The van der Waals surface area contributed by atoms with E-state index in [9.17, 15) is 0 Å². The molecule has 0 aromatic rings. The van der Waals surface area contributed by atoms with Crippen molar-refractivity contribution >= 4 is 18.5 Å². The van der Waals surface area contributed by atoms with Crippen molar-refractivity contribution in [2.24, 2.45) is 0 Å². The van der Waals surface area contributed by atoms with E-state index in [1.807, 2.05) is 0 Å². The molecule has 0 saturated heterocycles. The Morgan fingerprint density at radius 3 is 0.765 bits per heavy atom. The number of rotatable bonds is 0. The van der Waals surface area contributed by atoms with Crippen LogP contribution >= 0.6 is 0 Å². The van der Waals surface area contributed by atoms with Crippen LogP contribution in [0.15, 0.2) is 0 Å². The number of hydrogen-bond acceptors (Lipinski definition) is 6. The van der Waals surface area contributed by atoms with Crippen molar-refractivity contribution in [1.29, 1.82) is 0 Å². The van der Waals surface area contributed by atoms with Gasteiger partial charge in [0.2, 0.25) is 0 Å². The van der Waals surface area contributed by atoms with Crippen molar-refractivity contribution in [3.63, 3.8) is 0 Å². The predicted molar refractivity (Wildman–Crippen MR) is 48.7 cm³/mol. The van der Waals surface area contributed by atoms with Gasteiger partial charge < -0.3 is 35.0 Å². The van der Waals surface area contributed by atoms with E-state index in [2.05, 4.69) is 14.2 Å². The van der Waals surface area contributed by atoms with Gasteiger partial charge in [0.15, 0.2) is 0 Å². The second kappa shape index (κ2) is 24.1. The van der Waals surface area contributed by atoms with E-state index in [-0.39, 0.29) is 31.7 Å². The molecular formula is C6H14O10Zr. The Labute approximate surface area is 116 Å². The van der Waals surface area contributed by atoms with E-state index in [0.717, 1.165) is 21.3 Å². The molecule has 0 aliphatic heterocycles. The molecule has 0 bridgehead atoms. The molecule has 0 rings (SSSR count). The fourth-order valence-corrected chi connectivity index (χ4v) is 0. The zero-order chi connectivity index (χ0) is 12.9. The minimum absolute atomic E-state index is 0. The molecule has 5 N–H and O–H groups in total. The molecular weight excluding hydrogens is 323 g/mol. The van der Waals surface area contributed by atoms with Gasteiger partial charge in [0.25, 0.3) is 0 Å². The van der Waals surface area contributed by atoms with Gasteiger partial charge in [-0.05, 0) is 0 Å². The van der Waals surface area contributed by atoms with Gasteiger partial charge in [-0.25, -0.2) is 14.4 Å². The van der Waals surface area contributed by atoms with E-state index < -0.39 is 18.5 Å². The maximum atomic E-state index is 9.15. The summed E-state index contributed by atoms with van der Waals surface area (Å²) in [6.45, 7) is 0. The molecule has 0 aromatic heterocycles. The van der Waals surface area contributed by atoms with Crippen molar-refractivity contribution in [3.8, 4) is 0 Å². The first-order chi connectivity index (χ1) is 6.81. The summed E-state index contributed by atoms with van der Waals surface area (Å²) in [5.41, 5.74) is 0. The number of ether oxygens (including phenoxy) is 3. The third-order valence-corrected chi connectivity index (χ3v) is 0.524. The standard InChI is InChI=1S/3C2H4O3.H2O.Zr/c3*1-5-2(3)4;;/h3*1H3,(H,3,4);1H2;. The van der Waals surface area contributed by atoms with E-state index in [4.69, 9.17) is 29.7 Å². The Bertz CT molecular complexity index is 160. The topological polar surface area (TPSA) is 171 Å². The molecule has 0 radical (unpaired) electrons. The van der Waals surface area contributed by atoms with Crippen LogP contribution in [0.4, 0.5) is 14.4 Å². The van der Waals surface area contributed by atoms with Crippen molar-refractivity contribution in [3.05, 3.63) is 0 Å². The molecule has 10 nitrogen and oxygen atoms in total. The van der Waals surface area contributed by atoms with Crippen LogP contribution in [-0.4, -0.2) is 60.6 Å². The minimum Gasteiger partial charge on any atom is -0.450 e. The summed E-state index contributed by atoms with van der Waals surface area (Å²) < 4.78 is 11.0. The van der Waals surface area contributed by atoms with Gasteiger partial charge >= 0.3 is 18.5 Å². The van der Waals surface area contributed by atoms with Crippen LogP contribution in [-0.2, 0) is 40.4 Å². The summed E-state index contributed by atoms with van der Waals surface area (Å²) in [4.78, 5) is 27.4. The van der Waals surface area contributed by atoms with Crippen molar-refractivity contribution in [1.82, 2.24) is 0 Å². The van der Waals surface area contributed by atoms with Crippen molar-refractivity contribution in [2.45, 2.75) is 0 Å². The summed E-state index contributed by atoms with van der Waals surface area (Å²) in [7, 11) is 3.30. The molecule has 0 spiro atoms. The molecule has 0 unspecified atom stereocenters. The van der Waals surface area contributed by atoms with Crippen LogP contribution < -0.4 is 0 Å². The zero-order valence-corrected chi connectivity index (χ0v) is 11.7. The summed E-state index contributed by atoms with van der Waals surface area (Å²) in [5, 5.41) is 22.5. The Balaban J connectivity index is -0.0000000400. The van der Waals surface area contributed by atoms with E-state index in [0.29, 0.717) is 0 Å². The maximum absolute atomic E-state index is 9.15. The summed E-state index contributed by atoms with van der Waals surface area (Å²) in [6.07, 6.45) is -3.74. The summed E-state index contributed by atoms with van der Waals surface area (Å²) in [5.74, 6) is 0. The van der Waals surface area contributed by atoms with Gasteiger partial charge in [-0.1, -0.05) is 0 Å². The van der Waals surface area contributed by atoms with Crippen molar-refractivity contribution in [2.75, 3.05) is 21.3 Å². The van der Waals surface area contributed by atoms with E-state index in [1.165, 1.54) is 0 Å². The second-order valence-corrected chi connectivity index (χ2v) is 1.41. The average molecular weight is 337 g/mol. The Hall–Kier alpha value is -1.35. The quantitative estimate of drug-likeness (QED) is 0.409. The Morgan fingerprint density at radius 1 is 0.706 bits per heavy atom. The molecule has 0 aliphatic rings. The molecule has 102 valence electrons. The molecule has 0 amide bonds. The van der Waals surface area contributed by atoms with Crippen LogP contribution in [0.5, 0.6) is 0 Å². The first-order valence-corrected chi connectivity index (χ1v) is 3.12. The fraction of sp³-hybridized carbons (Fsp3) is 0.500. The Morgan fingerprint density at radius 2 is 0.765 bits per heavy atom. The van der Waals surface area contributed by atoms with Gasteiger partial charge in [0, 0.05) is 26.2 Å². The van der Waals surface area contributed by atoms with Crippen molar-refractivity contribution < 1.29 is 75.6 Å². The second-order valence-electron chi connectivity index (χ2n) is 1.41. The Kier molecular flexibility index (Phi) is 41.9. The molecule has 17 heavy (non-hydrogen) atoms. The first-order valence-electron chi connectivity index (χ1n) is 3.12. The zero-order valence-electron chi connectivity index (χ0n) is 9.29. The summed E-state index contributed by atoms with van der Waals surface area (Å²) in [6, 6.07) is 0. The van der Waals surface area contributed by atoms with Gasteiger partial charge in [-0.15, -0.1) is 0 Å². The van der Waals surface area contributed by atoms with Crippen LogP contribution in [0.25, 0.3) is 0 Å². The van der Waals surface area contributed by atoms with Gasteiger partial charge in [0.1, 0.15) is 0 Å². The van der Waals surface area contributed by atoms with Crippen LogP contribution in [0.2, 0.25) is 0 Å². The maximum Gasteiger partial charge on any atom is 0.505 e. The number of carboxylic acid groups (broad SMARTS) is 3. The number of hydrogen-bond donors (Lipinski definition) is 3. The number of carbonyl (C=O) groups is 3. The molecule has 0 atom stereocenters. The van der Waals surface area contributed by atoms with E-state index in [1.54, 1.807) is 0 Å².